The average molecular weight is 377 g/mol. The Kier molecular flexibility index (Phi) is 5.43. The summed E-state index contributed by atoms with van der Waals surface area (Å²) in [5.41, 5.74) is -1.30. The number of amides is 2. The smallest absolute Gasteiger partial charge is 0.339 e. The third-order valence-corrected chi connectivity index (χ3v) is 4.53. The lowest BCUT2D eigenvalue weighted by molar-refractivity contribution is -0.138. The van der Waals surface area contributed by atoms with E-state index in [1.165, 1.54) is 23.1 Å². The van der Waals surface area contributed by atoms with Gasteiger partial charge in [0.25, 0.3) is 5.91 Å². The molecule has 0 spiro atoms. The molecule has 8 heteroatoms. The van der Waals surface area contributed by atoms with Crippen LogP contribution in [0, 0.1) is 5.92 Å². The molecule has 1 aliphatic heterocycles. The molecule has 1 aromatic heterocycles. The second-order valence-corrected chi connectivity index (χ2v) is 6.31. The molecule has 0 aliphatic carbocycles. The molecule has 0 radical (unpaired) electrons. The number of hydrogen-bond donors (Lipinski definition) is 1. The minimum Gasteiger partial charge on any atom is -0.339 e. The second kappa shape index (κ2) is 7.77. The molecule has 0 atom stereocenters. The number of carbonyl (C=O) groups excluding carboxylic acids is 2. The van der Waals surface area contributed by atoms with Gasteiger partial charge in [-0.1, -0.05) is 18.2 Å². The van der Waals surface area contributed by atoms with Crippen LogP contribution in [0.5, 0.6) is 0 Å². The van der Waals surface area contributed by atoms with Crippen molar-refractivity contribution in [3.63, 3.8) is 0 Å². The van der Waals surface area contributed by atoms with Crippen LogP contribution in [0.1, 0.15) is 28.8 Å². The van der Waals surface area contributed by atoms with Crippen molar-refractivity contribution in [2.75, 3.05) is 18.4 Å². The lowest BCUT2D eigenvalue weighted by Crippen LogP contribution is -2.42. The van der Waals surface area contributed by atoms with Gasteiger partial charge in [0.15, 0.2) is 0 Å². The maximum atomic E-state index is 13.1. The summed E-state index contributed by atoms with van der Waals surface area (Å²) in [5.74, 6) is -0.725. The summed E-state index contributed by atoms with van der Waals surface area (Å²) in [6, 6.07) is 9.92. The number of halogens is 3. The van der Waals surface area contributed by atoms with Gasteiger partial charge in [-0.05, 0) is 37.1 Å². The molecule has 1 aliphatic rings. The normalized spacial score (nSPS) is 15.4. The first kappa shape index (κ1) is 18.9. The second-order valence-electron chi connectivity index (χ2n) is 6.31. The molecule has 1 saturated heterocycles. The average Bonchev–Trinajstić information content (AvgIpc) is 2.67. The van der Waals surface area contributed by atoms with E-state index >= 15 is 0 Å². The number of nitrogens with zero attached hydrogens (tertiary/aromatic N) is 2. The number of anilines is 1. The molecular formula is C19H18F3N3O2. The Morgan fingerprint density at radius 3 is 2.33 bits per heavy atom. The van der Waals surface area contributed by atoms with Gasteiger partial charge in [0.1, 0.15) is 5.82 Å². The zero-order valence-corrected chi connectivity index (χ0v) is 14.4. The summed E-state index contributed by atoms with van der Waals surface area (Å²) in [6.07, 6.45) is -2.25. The van der Waals surface area contributed by atoms with Crippen LogP contribution in [0.4, 0.5) is 19.0 Å². The first-order valence-corrected chi connectivity index (χ1v) is 8.53. The van der Waals surface area contributed by atoms with E-state index in [9.17, 15) is 22.8 Å². The largest absolute Gasteiger partial charge is 0.417 e. The van der Waals surface area contributed by atoms with E-state index in [0.717, 1.165) is 6.07 Å². The Balaban J connectivity index is 1.63. The molecule has 142 valence electrons. The lowest BCUT2D eigenvalue weighted by atomic mass is 9.95. The van der Waals surface area contributed by atoms with Gasteiger partial charge in [-0.15, -0.1) is 0 Å². The van der Waals surface area contributed by atoms with Crippen molar-refractivity contribution in [2.45, 2.75) is 19.0 Å². The van der Waals surface area contributed by atoms with Gasteiger partial charge in [-0.2, -0.15) is 13.2 Å². The molecule has 27 heavy (non-hydrogen) atoms. The number of rotatable bonds is 3. The number of aromatic nitrogens is 1. The number of alkyl halides is 3. The van der Waals surface area contributed by atoms with E-state index in [2.05, 4.69) is 10.3 Å². The van der Waals surface area contributed by atoms with Crippen LogP contribution in [-0.4, -0.2) is 34.8 Å². The molecule has 5 nitrogen and oxygen atoms in total. The van der Waals surface area contributed by atoms with Crippen LogP contribution in [-0.2, 0) is 11.0 Å². The molecule has 0 unspecified atom stereocenters. The third kappa shape index (κ3) is 4.45. The van der Waals surface area contributed by atoms with Gasteiger partial charge in [0, 0.05) is 25.2 Å². The van der Waals surface area contributed by atoms with E-state index in [1.807, 2.05) is 0 Å². The molecule has 1 fully saturated rings. The molecule has 2 heterocycles. The standard InChI is InChI=1S/C19H18F3N3O2/c20-19(21,22)15-6-2-1-5-14(15)18(27)25-11-8-13(9-12-25)17(26)24-16-7-3-4-10-23-16/h1-7,10,13H,8-9,11-12H2,(H,23,24,26). The van der Waals surface area contributed by atoms with Crippen molar-refractivity contribution in [3.05, 3.63) is 59.8 Å². The quantitative estimate of drug-likeness (QED) is 0.889. The Hall–Kier alpha value is -2.90. The lowest BCUT2D eigenvalue weighted by Gasteiger charge is -2.32. The van der Waals surface area contributed by atoms with Crippen LogP contribution in [0.3, 0.4) is 0 Å². The highest BCUT2D eigenvalue weighted by Crippen LogP contribution is 2.33. The first-order chi connectivity index (χ1) is 12.9. The molecule has 0 bridgehead atoms. The summed E-state index contributed by atoms with van der Waals surface area (Å²) >= 11 is 0. The maximum Gasteiger partial charge on any atom is 0.417 e. The summed E-state index contributed by atoms with van der Waals surface area (Å²) in [4.78, 5) is 30.2. The van der Waals surface area contributed by atoms with Crippen molar-refractivity contribution >= 4 is 17.6 Å². The van der Waals surface area contributed by atoms with Crippen molar-refractivity contribution < 1.29 is 22.8 Å². The third-order valence-electron chi connectivity index (χ3n) is 4.53. The van der Waals surface area contributed by atoms with Gasteiger partial charge in [-0.3, -0.25) is 9.59 Å². The number of likely N-dealkylation sites (tertiary alicyclic amines) is 1. The molecule has 2 amide bonds. The van der Waals surface area contributed by atoms with Gasteiger partial charge in [0.2, 0.25) is 5.91 Å². The number of nitrogens with one attached hydrogen (secondary N) is 1. The number of hydrogen-bond acceptors (Lipinski definition) is 3. The Morgan fingerprint density at radius 1 is 1.04 bits per heavy atom. The molecule has 2 aromatic rings. The van der Waals surface area contributed by atoms with Gasteiger partial charge in [0.05, 0.1) is 11.1 Å². The van der Waals surface area contributed by atoms with Crippen molar-refractivity contribution in [1.29, 1.82) is 0 Å². The fourth-order valence-corrected chi connectivity index (χ4v) is 3.10. The molecule has 0 saturated carbocycles. The zero-order valence-electron chi connectivity index (χ0n) is 14.4. The topological polar surface area (TPSA) is 62.3 Å². The van der Waals surface area contributed by atoms with E-state index in [-0.39, 0.29) is 30.5 Å². The molecule has 1 N–H and O–H groups in total. The van der Waals surface area contributed by atoms with E-state index in [0.29, 0.717) is 18.7 Å². The van der Waals surface area contributed by atoms with Gasteiger partial charge < -0.3 is 10.2 Å². The highest BCUT2D eigenvalue weighted by molar-refractivity contribution is 5.96. The summed E-state index contributed by atoms with van der Waals surface area (Å²) in [5, 5.41) is 2.71. The van der Waals surface area contributed by atoms with E-state index in [4.69, 9.17) is 0 Å². The fraction of sp³-hybridized carbons (Fsp3) is 0.316. The van der Waals surface area contributed by atoms with Crippen molar-refractivity contribution in [2.24, 2.45) is 5.92 Å². The minimum absolute atomic E-state index is 0.198. The Labute approximate surface area is 154 Å². The zero-order chi connectivity index (χ0) is 19.4. The fourth-order valence-electron chi connectivity index (χ4n) is 3.10. The van der Waals surface area contributed by atoms with Crippen LogP contribution < -0.4 is 5.32 Å². The number of pyridine rings is 1. The highest BCUT2D eigenvalue weighted by atomic mass is 19.4. The monoisotopic (exact) mass is 377 g/mol. The number of carbonyl (C=O) groups is 2. The van der Waals surface area contributed by atoms with E-state index in [1.54, 1.807) is 24.4 Å². The van der Waals surface area contributed by atoms with Crippen molar-refractivity contribution in [3.8, 4) is 0 Å². The van der Waals surface area contributed by atoms with Crippen LogP contribution >= 0.6 is 0 Å². The molecule has 3 rings (SSSR count). The maximum absolute atomic E-state index is 13.1. The van der Waals surface area contributed by atoms with Gasteiger partial charge in [-0.25, -0.2) is 4.98 Å². The van der Waals surface area contributed by atoms with Crippen LogP contribution in [0.25, 0.3) is 0 Å². The predicted molar refractivity (Wildman–Crippen MR) is 92.9 cm³/mol. The summed E-state index contributed by atoms with van der Waals surface area (Å²) in [7, 11) is 0. The van der Waals surface area contributed by atoms with E-state index < -0.39 is 17.6 Å². The summed E-state index contributed by atoms with van der Waals surface area (Å²) in [6.45, 7) is 0.455. The van der Waals surface area contributed by atoms with Gasteiger partial charge >= 0.3 is 6.18 Å². The number of piperidine rings is 1. The SMILES string of the molecule is O=C(Nc1ccccn1)C1CCN(C(=O)c2ccccc2C(F)(F)F)CC1. The summed E-state index contributed by atoms with van der Waals surface area (Å²) < 4.78 is 39.4. The van der Waals surface area contributed by atoms with Crippen molar-refractivity contribution in [1.82, 2.24) is 9.88 Å². The molecular weight excluding hydrogens is 359 g/mol. The predicted octanol–water partition coefficient (Wildman–Crippen LogP) is 3.59. The highest BCUT2D eigenvalue weighted by Gasteiger charge is 2.37. The number of benzene rings is 1. The Morgan fingerprint density at radius 2 is 1.70 bits per heavy atom. The van der Waals surface area contributed by atoms with Crippen LogP contribution in [0.2, 0.25) is 0 Å². The molecule has 1 aromatic carbocycles. The first-order valence-electron chi connectivity index (χ1n) is 8.53. The Bertz CT molecular complexity index is 816. The minimum atomic E-state index is -4.59. The van der Waals surface area contributed by atoms with Crippen LogP contribution in [0.15, 0.2) is 48.7 Å².